The second kappa shape index (κ2) is 5.72. The van der Waals surface area contributed by atoms with Gasteiger partial charge < -0.3 is 4.74 Å². The van der Waals surface area contributed by atoms with Gasteiger partial charge in [0.25, 0.3) is 6.43 Å². The number of carbonyl (C=O) groups excluding carboxylic acids is 1. The second-order valence-corrected chi connectivity index (χ2v) is 4.28. The van der Waals surface area contributed by atoms with Gasteiger partial charge in [0.15, 0.2) is 0 Å². The van der Waals surface area contributed by atoms with Crippen molar-refractivity contribution in [2.45, 2.75) is 12.8 Å². The van der Waals surface area contributed by atoms with E-state index in [-0.39, 0.29) is 22.7 Å². The summed E-state index contributed by atoms with van der Waals surface area (Å²) in [6.07, 6.45) is -3.01. The highest BCUT2D eigenvalue weighted by molar-refractivity contribution is 14.1. The van der Waals surface area contributed by atoms with E-state index in [1.165, 1.54) is 7.11 Å². The normalized spacial score (nSPS) is 10.6. The minimum atomic E-state index is -2.72. The van der Waals surface area contributed by atoms with E-state index < -0.39 is 12.4 Å². The Bertz CT molecular complexity index is 415. The number of methoxy groups -OCH3 is 1. The summed E-state index contributed by atoms with van der Waals surface area (Å²) in [6.45, 7) is 0. The number of nitrogens with zero attached hydrogens (tertiary/aromatic N) is 1. The summed E-state index contributed by atoms with van der Waals surface area (Å²) in [5.41, 5.74) is -0.341. The summed E-state index contributed by atoms with van der Waals surface area (Å²) in [5, 5.41) is 0.143. The molecular weight excluding hydrogens is 354 g/mol. The first-order chi connectivity index (χ1) is 7.45. The fraction of sp³-hybridized carbons (Fsp3) is 0.333. The number of ether oxygens (including phenoxy) is 1. The van der Waals surface area contributed by atoms with Crippen LogP contribution in [0.2, 0.25) is 5.02 Å². The largest absolute Gasteiger partial charge is 0.469 e. The first kappa shape index (κ1) is 13.6. The molecule has 0 aliphatic heterocycles. The van der Waals surface area contributed by atoms with Crippen LogP contribution in [-0.4, -0.2) is 18.1 Å². The molecule has 0 fully saturated rings. The lowest BCUT2D eigenvalue weighted by Crippen LogP contribution is -2.10. The molecule has 88 valence electrons. The van der Waals surface area contributed by atoms with E-state index in [2.05, 4.69) is 9.72 Å². The van der Waals surface area contributed by atoms with Crippen LogP contribution in [0.15, 0.2) is 6.07 Å². The Balaban J connectivity index is 3.14. The number of hydrogen-bond acceptors (Lipinski definition) is 3. The number of halogens is 4. The Morgan fingerprint density at radius 1 is 1.69 bits per heavy atom. The minimum Gasteiger partial charge on any atom is -0.469 e. The maximum atomic E-state index is 12.6. The van der Waals surface area contributed by atoms with Gasteiger partial charge in [-0.2, -0.15) is 0 Å². The van der Waals surface area contributed by atoms with Gasteiger partial charge in [0.1, 0.15) is 3.70 Å². The third-order valence-corrected chi connectivity index (χ3v) is 3.25. The monoisotopic (exact) mass is 361 g/mol. The summed E-state index contributed by atoms with van der Waals surface area (Å²) in [4.78, 5) is 14.9. The SMILES string of the molecule is COC(=O)Cc1nc(I)c(Cl)cc1C(F)F. The van der Waals surface area contributed by atoms with Crippen molar-refractivity contribution in [3.05, 3.63) is 26.0 Å². The molecule has 0 spiro atoms. The van der Waals surface area contributed by atoms with Crippen molar-refractivity contribution >= 4 is 40.2 Å². The lowest BCUT2D eigenvalue weighted by molar-refractivity contribution is -0.139. The summed E-state index contributed by atoms with van der Waals surface area (Å²) in [5.74, 6) is -0.618. The molecule has 0 bridgehead atoms. The van der Waals surface area contributed by atoms with E-state index in [0.717, 1.165) is 6.07 Å². The van der Waals surface area contributed by atoms with Crippen LogP contribution in [-0.2, 0) is 16.0 Å². The molecular formula is C9H7ClF2INO2. The highest BCUT2D eigenvalue weighted by Gasteiger charge is 2.19. The molecule has 0 saturated carbocycles. The Morgan fingerprint density at radius 3 is 2.81 bits per heavy atom. The third kappa shape index (κ3) is 3.24. The van der Waals surface area contributed by atoms with E-state index in [9.17, 15) is 13.6 Å². The van der Waals surface area contributed by atoms with Gasteiger partial charge in [0.2, 0.25) is 0 Å². The van der Waals surface area contributed by atoms with E-state index in [1.807, 2.05) is 22.6 Å². The molecule has 1 aromatic rings. The van der Waals surface area contributed by atoms with Gasteiger partial charge in [-0.05, 0) is 28.7 Å². The van der Waals surface area contributed by atoms with Gasteiger partial charge in [0.05, 0.1) is 24.2 Å². The Hall–Kier alpha value is -0.500. The summed E-state index contributed by atoms with van der Waals surface area (Å²) in [6, 6.07) is 1.12. The van der Waals surface area contributed by atoms with Crippen LogP contribution in [0.5, 0.6) is 0 Å². The molecule has 0 atom stereocenters. The van der Waals surface area contributed by atoms with Gasteiger partial charge in [-0.1, -0.05) is 11.6 Å². The Labute approximate surface area is 109 Å². The fourth-order valence-corrected chi connectivity index (χ4v) is 1.66. The number of hydrogen-bond donors (Lipinski definition) is 0. The first-order valence-electron chi connectivity index (χ1n) is 4.15. The van der Waals surface area contributed by atoms with Crippen molar-refractivity contribution in [2.75, 3.05) is 7.11 Å². The lowest BCUT2D eigenvalue weighted by Gasteiger charge is -2.08. The fourth-order valence-electron chi connectivity index (χ4n) is 1.06. The van der Waals surface area contributed by atoms with Crippen LogP contribution in [0.4, 0.5) is 8.78 Å². The maximum Gasteiger partial charge on any atom is 0.311 e. The zero-order valence-electron chi connectivity index (χ0n) is 8.14. The van der Waals surface area contributed by atoms with Crippen LogP contribution in [0, 0.1) is 3.70 Å². The van der Waals surface area contributed by atoms with Crippen molar-refractivity contribution < 1.29 is 18.3 Å². The number of carbonyl (C=O) groups is 1. The molecule has 0 unspecified atom stereocenters. The van der Waals surface area contributed by atoms with E-state index in [4.69, 9.17) is 11.6 Å². The Kier molecular flexibility index (Phi) is 4.85. The number of rotatable bonds is 3. The summed E-state index contributed by atoms with van der Waals surface area (Å²) >= 11 is 7.49. The molecule has 0 amide bonds. The molecule has 0 aromatic carbocycles. The van der Waals surface area contributed by atoms with Gasteiger partial charge in [-0.25, -0.2) is 13.8 Å². The molecule has 1 rings (SSSR count). The molecule has 1 heterocycles. The standard InChI is InChI=1S/C9H7ClF2INO2/c1-16-7(15)3-6-4(8(11)12)2-5(10)9(13)14-6/h2,8H,3H2,1H3. The molecule has 3 nitrogen and oxygen atoms in total. The Morgan fingerprint density at radius 2 is 2.31 bits per heavy atom. The van der Waals surface area contributed by atoms with Gasteiger partial charge in [-0.3, -0.25) is 4.79 Å². The smallest absolute Gasteiger partial charge is 0.311 e. The molecule has 0 N–H and O–H groups in total. The van der Waals surface area contributed by atoms with Crippen molar-refractivity contribution in [3.8, 4) is 0 Å². The first-order valence-corrected chi connectivity index (χ1v) is 5.61. The third-order valence-electron chi connectivity index (χ3n) is 1.82. The van der Waals surface area contributed by atoms with Crippen molar-refractivity contribution in [1.29, 1.82) is 0 Å². The molecule has 1 aromatic heterocycles. The van der Waals surface area contributed by atoms with Gasteiger partial charge >= 0.3 is 5.97 Å². The molecule has 0 aliphatic carbocycles. The van der Waals surface area contributed by atoms with Crippen LogP contribution in [0.25, 0.3) is 0 Å². The number of esters is 1. The quantitative estimate of drug-likeness (QED) is 0.472. The van der Waals surface area contributed by atoms with Crippen molar-refractivity contribution in [3.63, 3.8) is 0 Å². The van der Waals surface area contributed by atoms with E-state index >= 15 is 0 Å². The van der Waals surface area contributed by atoms with E-state index in [0.29, 0.717) is 3.70 Å². The molecule has 16 heavy (non-hydrogen) atoms. The van der Waals surface area contributed by atoms with Crippen LogP contribution in [0.3, 0.4) is 0 Å². The summed E-state index contributed by atoms with van der Waals surface area (Å²) in [7, 11) is 1.19. The average molecular weight is 362 g/mol. The topological polar surface area (TPSA) is 39.2 Å². The van der Waals surface area contributed by atoms with Crippen LogP contribution >= 0.6 is 34.2 Å². The zero-order valence-corrected chi connectivity index (χ0v) is 11.1. The molecule has 0 aliphatic rings. The molecule has 7 heteroatoms. The maximum absolute atomic E-state index is 12.6. The van der Waals surface area contributed by atoms with Crippen molar-refractivity contribution in [2.24, 2.45) is 0 Å². The predicted molar refractivity (Wildman–Crippen MR) is 62.6 cm³/mol. The number of pyridine rings is 1. The summed E-state index contributed by atoms with van der Waals surface area (Å²) < 4.78 is 30.1. The van der Waals surface area contributed by atoms with Crippen LogP contribution in [0.1, 0.15) is 17.7 Å². The predicted octanol–water partition coefficient (Wildman–Crippen LogP) is 2.99. The van der Waals surface area contributed by atoms with Crippen molar-refractivity contribution in [1.82, 2.24) is 4.98 Å². The number of aromatic nitrogens is 1. The number of alkyl halides is 2. The van der Waals surface area contributed by atoms with Crippen LogP contribution < -0.4 is 0 Å². The highest BCUT2D eigenvalue weighted by atomic mass is 127. The minimum absolute atomic E-state index is 0.00403. The van der Waals surface area contributed by atoms with E-state index in [1.54, 1.807) is 0 Å². The highest BCUT2D eigenvalue weighted by Crippen LogP contribution is 2.27. The molecule has 0 radical (unpaired) electrons. The van der Waals surface area contributed by atoms with Gasteiger partial charge in [-0.15, -0.1) is 0 Å². The molecule has 0 saturated heterocycles. The van der Waals surface area contributed by atoms with Gasteiger partial charge in [0, 0.05) is 5.56 Å². The second-order valence-electron chi connectivity index (χ2n) is 2.85. The zero-order chi connectivity index (χ0) is 12.3. The lowest BCUT2D eigenvalue weighted by atomic mass is 10.1. The average Bonchev–Trinajstić information content (AvgIpc) is 2.22.